The standard InChI is InChI=1S/C14H6F3IN4/c15-14(16,17)9-3-1-8(2-4-9)12-13-20-6-11(18)22(13)7-10(5-19)21-12/h1-4,6-7H. The number of fused-ring (bicyclic) bond motifs is 1. The average molecular weight is 414 g/mol. The lowest BCUT2D eigenvalue weighted by Gasteiger charge is -2.08. The first-order chi connectivity index (χ1) is 10.4. The monoisotopic (exact) mass is 414 g/mol. The van der Waals surface area contributed by atoms with E-state index in [4.69, 9.17) is 5.26 Å². The van der Waals surface area contributed by atoms with Crippen molar-refractivity contribution in [3.05, 3.63) is 51.6 Å². The van der Waals surface area contributed by atoms with Gasteiger partial charge in [-0.05, 0) is 34.7 Å². The number of alkyl halides is 3. The molecule has 2 aromatic heterocycles. The Labute approximate surface area is 136 Å². The number of rotatable bonds is 1. The molecule has 0 N–H and O–H groups in total. The Morgan fingerprint density at radius 2 is 1.86 bits per heavy atom. The lowest BCUT2D eigenvalue weighted by Crippen LogP contribution is -2.04. The molecule has 3 rings (SSSR count). The van der Waals surface area contributed by atoms with E-state index in [1.807, 2.05) is 6.07 Å². The molecule has 0 amide bonds. The second kappa shape index (κ2) is 5.24. The summed E-state index contributed by atoms with van der Waals surface area (Å²) >= 11 is 2.05. The Balaban J connectivity index is 2.20. The summed E-state index contributed by atoms with van der Waals surface area (Å²) in [6, 6.07) is 6.57. The summed E-state index contributed by atoms with van der Waals surface area (Å²) in [4.78, 5) is 8.37. The Bertz CT molecular complexity index is 891. The van der Waals surface area contributed by atoms with Gasteiger partial charge in [0.1, 0.15) is 15.5 Å². The normalized spacial score (nSPS) is 11.6. The summed E-state index contributed by atoms with van der Waals surface area (Å²) in [5.74, 6) is 0. The Morgan fingerprint density at radius 1 is 1.18 bits per heavy atom. The predicted octanol–water partition coefficient (Wildman–Crippen LogP) is 3.89. The topological polar surface area (TPSA) is 54.0 Å². The van der Waals surface area contributed by atoms with Gasteiger partial charge in [-0.2, -0.15) is 18.4 Å². The first-order valence-electron chi connectivity index (χ1n) is 6.01. The number of hydrogen-bond acceptors (Lipinski definition) is 3. The molecule has 0 saturated heterocycles. The van der Waals surface area contributed by atoms with Crippen molar-refractivity contribution >= 4 is 28.2 Å². The zero-order valence-corrected chi connectivity index (χ0v) is 12.9. The molecule has 4 nitrogen and oxygen atoms in total. The van der Waals surface area contributed by atoms with E-state index in [0.717, 1.165) is 15.8 Å². The highest BCUT2D eigenvalue weighted by Gasteiger charge is 2.30. The minimum absolute atomic E-state index is 0.165. The minimum Gasteiger partial charge on any atom is -0.290 e. The maximum atomic E-state index is 12.6. The number of nitriles is 1. The largest absolute Gasteiger partial charge is 0.416 e. The molecule has 0 aliphatic carbocycles. The fraction of sp³-hybridized carbons (Fsp3) is 0.0714. The van der Waals surface area contributed by atoms with E-state index in [2.05, 4.69) is 32.6 Å². The number of nitrogens with zero attached hydrogens (tertiary/aromatic N) is 4. The van der Waals surface area contributed by atoms with E-state index < -0.39 is 11.7 Å². The fourth-order valence-electron chi connectivity index (χ4n) is 2.02. The molecule has 8 heteroatoms. The SMILES string of the molecule is N#Cc1cn2c(I)cnc2c(-c2ccc(C(F)(F)F)cc2)n1. The molecule has 0 unspecified atom stereocenters. The van der Waals surface area contributed by atoms with Gasteiger partial charge < -0.3 is 0 Å². The summed E-state index contributed by atoms with van der Waals surface area (Å²) in [6.07, 6.45) is -1.25. The summed E-state index contributed by atoms with van der Waals surface area (Å²) in [5.41, 5.74) is 0.760. The number of halogens is 4. The van der Waals surface area contributed by atoms with Crippen molar-refractivity contribution in [2.45, 2.75) is 6.18 Å². The van der Waals surface area contributed by atoms with E-state index in [-0.39, 0.29) is 5.69 Å². The number of imidazole rings is 1. The van der Waals surface area contributed by atoms with Crippen LogP contribution in [0.5, 0.6) is 0 Å². The van der Waals surface area contributed by atoms with Gasteiger partial charge in [0.05, 0.1) is 11.8 Å². The van der Waals surface area contributed by atoms with Crippen LogP contribution in [0.25, 0.3) is 16.9 Å². The second-order valence-corrected chi connectivity index (χ2v) is 5.54. The van der Waals surface area contributed by atoms with Crippen molar-refractivity contribution in [1.82, 2.24) is 14.4 Å². The molecule has 0 radical (unpaired) electrons. The molecule has 0 spiro atoms. The third-order valence-electron chi connectivity index (χ3n) is 3.05. The molecule has 0 bridgehead atoms. The molecule has 0 aliphatic rings. The highest BCUT2D eigenvalue weighted by atomic mass is 127. The van der Waals surface area contributed by atoms with Crippen LogP contribution in [-0.2, 0) is 6.18 Å². The van der Waals surface area contributed by atoms with Gasteiger partial charge in [-0.15, -0.1) is 0 Å². The van der Waals surface area contributed by atoms with Crippen LogP contribution in [0.4, 0.5) is 13.2 Å². The van der Waals surface area contributed by atoms with Gasteiger partial charge in [0.15, 0.2) is 11.3 Å². The third kappa shape index (κ3) is 2.52. The van der Waals surface area contributed by atoms with Crippen LogP contribution in [0, 0.1) is 15.0 Å². The first kappa shape index (κ1) is 14.8. The van der Waals surface area contributed by atoms with Gasteiger partial charge in [-0.3, -0.25) is 4.40 Å². The maximum absolute atomic E-state index is 12.6. The molecule has 1 aromatic carbocycles. The summed E-state index contributed by atoms with van der Waals surface area (Å²) in [7, 11) is 0. The van der Waals surface area contributed by atoms with Gasteiger partial charge >= 0.3 is 6.18 Å². The quantitative estimate of drug-likeness (QED) is 0.568. The van der Waals surface area contributed by atoms with Gasteiger partial charge in [-0.25, -0.2) is 9.97 Å². The molecule has 0 atom stereocenters. The van der Waals surface area contributed by atoms with Crippen molar-refractivity contribution in [3.63, 3.8) is 0 Å². The van der Waals surface area contributed by atoms with Crippen molar-refractivity contribution in [1.29, 1.82) is 5.26 Å². The van der Waals surface area contributed by atoms with E-state index in [0.29, 0.717) is 16.9 Å². The number of aromatic nitrogens is 3. The Hall–Kier alpha value is -2.15. The molecule has 0 fully saturated rings. The lowest BCUT2D eigenvalue weighted by molar-refractivity contribution is -0.137. The molecule has 2 heterocycles. The highest BCUT2D eigenvalue weighted by Crippen LogP contribution is 2.31. The molecular weight excluding hydrogens is 408 g/mol. The van der Waals surface area contributed by atoms with Crippen LogP contribution >= 0.6 is 22.6 Å². The maximum Gasteiger partial charge on any atom is 0.416 e. The zero-order valence-electron chi connectivity index (χ0n) is 10.8. The minimum atomic E-state index is -4.39. The van der Waals surface area contributed by atoms with Crippen LogP contribution in [0.2, 0.25) is 0 Å². The lowest BCUT2D eigenvalue weighted by atomic mass is 10.1. The first-order valence-corrected chi connectivity index (χ1v) is 7.09. The van der Waals surface area contributed by atoms with Crippen LogP contribution < -0.4 is 0 Å². The zero-order chi connectivity index (χ0) is 15.9. The van der Waals surface area contributed by atoms with Crippen molar-refractivity contribution < 1.29 is 13.2 Å². The average Bonchev–Trinajstić information content (AvgIpc) is 2.87. The third-order valence-corrected chi connectivity index (χ3v) is 3.85. The van der Waals surface area contributed by atoms with Crippen LogP contribution in [0.3, 0.4) is 0 Å². The molecule has 110 valence electrons. The van der Waals surface area contributed by atoms with Crippen LogP contribution in [-0.4, -0.2) is 14.4 Å². The predicted molar refractivity (Wildman–Crippen MR) is 80.9 cm³/mol. The van der Waals surface area contributed by atoms with E-state index in [1.54, 1.807) is 10.6 Å². The molecule has 3 aromatic rings. The summed E-state index contributed by atoms with van der Waals surface area (Å²) < 4.78 is 40.3. The van der Waals surface area contributed by atoms with Gasteiger partial charge in [-0.1, -0.05) is 12.1 Å². The molecular formula is C14H6F3IN4. The van der Waals surface area contributed by atoms with Crippen molar-refractivity contribution in [2.24, 2.45) is 0 Å². The number of hydrogen-bond donors (Lipinski definition) is 0. The van der Waals surface area contributed by atoms with Gasteiger partial charge in [0.2, 0.25) is 0 Å². The van der Waals surface area contributed by atoms with E-state index in [1.165, 1.54) is 18.3 Å². The molecule has 0 aliphatic heterocycles. The second-order valence-electron chi connectivity index (χ2n) is 4.44. The summed E-state index contributed by atoms with van der Waals surface area (Å²) in [6.45, 7) is 0. The smallest absolute Gasteiger partial charge is 0.290 e. The van der Waals surface area contributed by atoms with Crippen molar-refractivity contribution in [2.75, 3.05) is 0 Å². The van der Waals surface area contributed by atoms with Gasteiger partial charge in [0, 0.05) is 11.8 Å². The summed E-state index contributed by atoms with van der Waals surface area (Å²) in [5, 5.41) is 9.05. The fourth-order valence-corrected chi connectivity index (χ4v) is 2.53. The Kier molecular flexibility index (Phi) is 3.52. The van der Waals surface area contributed by atoms with Crippen LogP contribution in [0.15, 0.2) is 36.7 Å². The van der Waals surface area contributed by atoms with Crippen LogP contribution in [0.1, 0.15) is 11.3 Å². The van der Waals surface area contributed by atoms with Crippen molar-refractivity contribution in [3.8, 4) is 17.3 Å². The Morgan fingerprint density at radius 3 is 2.45 bits per heavy atom. The van der Waals surface area contributed by atoms with E-state index in [9.17, 15) is 13.2 Å². The van der Waals surface area contributed by atoms with E-state index >= 15 is 0 Å². The van der Waals surface area contributed by atoms with Gasteiger partial charge in [0.25, 0.3) is 0 Å². The number of benzene rings is 1. The highest BCUT2D eigenvalue weighted by molar-refractivity contribution is 14.1. The molecule has 22 heavy (non-hydrogen) atoms. The molecule has 0 saturated carbocycles.